The number of fused-ring (bicyclic) bond motifs is 6. The molecule has 130 valence electrons. The molecule has 0 saturated carbocycles. The van der Waals surface area contributed by atoms with Gasteiger partial charge < -0.3 is 9.26 Å². The number of ether oxygens (including phenoxy) is 1. The molecule has 0 radical (unpaired) electrons. The van der Waals surface area contributed by atoms with Crippen LogP contribution < -0.4 is 10.0 Å². The van der Waals surface area contributed by atoms with Crippen LogP contribution in [0.3, 0.4) is 0 Å². The quantitative estimate of drug-likeness (QED) is 0.702. The van der Waals surface area contributed by atoms with Gasteiger partial charge in [-0.2, -0.15) is 4.98 Å². The van der Waals surface area contributed by atoms with Crippen molar-refractivity contribution in [2.75, 3.05) is 16.6 Å². The summed E-state index contributed by atoms with van der Waals surface area (Å²) in [5, 5.41) is 7.96. The molecule has 5 heterocycles. The van der Waals surface area contributed by atoms with Crippen LogP contribution in [0.1, 0.15) is 36.6 Å². The van der Waals surface area contributed by atoms with Gasteiger partial charge in [-0.05, 0) is 24.1 Å². The van der Waals surface area contributed by atoms with Gasteiger partial charge in [-0.25, -0.2) is 20.0 Å². The Hall–Kier alpha value is -3.20. The Morgan fingerprint density at radius 1 is 1.19 bits per heavy atom. The standard InChI is InChI=1S/C17H15N7O2/c1-2-5-12-11(4-1)15-19-10-23(24(15)14-8-18-9-22(12)14)17-20-16(26-21-17)13-6-3-7-25-13/h1-2,4-5,8-10,13,15H,3,6-7H2/t13-,15?/m0/s1. The van der Waals surface area contributed by atoms with E-state index in [0.29, 0.717) is 11.8 Å². The molecule has 0 amide bonds. The summed E-state index contributed by atoms with van der Waals surface area (Å²) in [5.74, 6) is 1.85. The molecule has 1 saturated heterocycles. The highest BCUT2D eigenvalue weighted by Crippen LogP contribution is 2.42. The van der Waals surface area contributed by atoms with Crippen LogP contribution in [-0.2, 0) is 4.74 Å². The molecule has 0 spiro atoms. The molecule has 2 aromatic heterocycles. The van der Waals surface area contributed by atoms with Gasteiger partial charge in [0.25, 0.3) is 11.8 Å². The minimum atomic E-state index is -0.180. The topological polar surface area (TPSA) is 84.8 Å². The Bertz CT molecular complexity index is 1000. The number of rotatable bonds is 2. The lowest BCUT2D eigenvalue weighted by Gasteiger charge is -2.35. The first kappa shape index (κ1) is 14.0. The highest BCUT2D eigenvalue weighted by molar-refractivity contribution is 5.85. The van der Waals surface area contributed by atoms with Crippen LogP contribution in [0.25, 0.3) is 5.69 Å². The Morgan fingerprint density at radius 3 is 3.08 bits per heavy atom. The van der Waals surface area contributed by atoms with Crippen molar-refractivity contribution in [1.29, 1.82) is 0 Å². The predicted molar refractivity (Wildman–Crippen MR) is 92.0 cm³/mol. The molecular weight excluding hydrogens is 334 g/mol. The summed E-state index contributed by atoms with van der Waals surface area (Å²) in [6.45, 7) is 0.734. The zero-order chi connectivity index (χ0) is 17.1. The third kappa shape index (κ3) is 1.83. The number of imidazole rings is 1. The summed E-state index contributed by atoms with van der Waals surface area (Å²) in [5.41, 5.74) is 2.17. The number of para-hydroxylation sites is 1. The molecule has 2 atom stereocenters. The zero-order valence-corrected chi connectivity index (χ0v) is 13.8. The van der Waals surface area contributed by atoms with Crippen LogP contribution in [0.15, 0.2) is 46.3 Å². The highest BCUT2D eigenvalue weighted by atomic mass is 16.5. The minimum Gasteiger partial charge on any atom is -0.368 e. The van der Waals surface area contributed by atoms with Crippen molar-refractivity contribution in [3.63, 3.8) is 0 Å². The molecule has 3 aliphatic heterocycles. The molecule has 3 aliphatic rings. The fraction of sp³-hybridized carbons (Fsp3) is 0.294. The molecule has 6 rings (SSSR count). The van der Waals surface area contributed by atoms with Gasteiger partial charge in [0, 0.05) is 12.2 Å². The summed E-state index contributed by atoms with van der Waals surface area (Å²) >= 11 is 0. The summed E-state index contributed by atoms with van der Waals surface area (Å²) in [7, 11) is 0. The van der Waals surface area contributed by atoms with Crippen molar-refractivity contribution in [3.05, 3.63) is 48.2 Å². The van der Waals surface area contributed by atoms with Crippen molar-refractivity contribution in [1.82, 2.24) is 19.7 Å². The number of anilines is 2. The Balaban J connectivity index is 1.42. The Morgan fingerprint density at radius 2 is 2.15 bits per heavy atom. The van der Waals surface area contributed by atoms with Crippen molar-refractivity contribution in [2.24, 2.45) is 4.99 Å². The lowest BCUT2D eigenvalue weighted by atomic mass is 10.1. The van der Waals surface area contributed by atoms with Gasteiger partial charge in [-0.3, -0.25) is 4.57 Å². The largest absolute Gasteiger partial charge is 0.368 e. The van der Waals surface area contributed by atoms with Crippen LogP contribution >= 0.6 is 0 Å². The van der Waals surface area contributed by atoms with Gasteiger partial charge in [-0.15, -0.1) is 0 Å². The molecule has 0 N–H and O–H groups in total. The number of aromatic nitrogens is 4. The smallest absolute Gasteiger partial charge is 0.290 e. The van der Waals surface area contributed by atoms with E-state index in [4.69, 9.17) is 9.26 Å². The van der Waals surface area contributed by atoms with Gasteiger partial charge in [0.15, 0.2) is 12.0 Å². The number of benzene rings is 1. The predicted octanol–water partition coefficient (Wildman–Crippen LogP) is 2.39. The van der Waals surface area contributed by atoms with E-state index in [2.05, 4.69) is 32.2 Å². The summed E-state index contributed by atoms with van der Waals surface area (Å²) in [6, 6.07) is 8.17. The van der Waals surface area contributed by atoms with Gasteiger partial charge in [-0.1, -0.05) is 18.2 Å². The number of aliphatic imine (C=N–C) groups is 1. The third-order valence-electron chi connectivity index (χ3n) is 4.95. The van der Waals surface area contributed by atoms with Crippen LogP contribution in [0.4, 0.5) is 11.8 Å². The van der Waals surface area contributed by atoms with Crippen LogP contribution in [-0.4, -0.2) is 32.6 Å². The first-order valence-electron chi connectivity index (χ1n) is 8.59. The highest BCUT2D eigenvalue weighted by Gasteiger charge is 2.40. The minimum absolute atomic E-state index is 0.112. The normalized spacial score (nSPS) is 23.2. The van der Waals surface area contributed by atoms with E-state index in [9.17, 15) is 0 Å². The molecular formula is C17H15N7O2. The van der Waals surface area contributed by atoms with E-state index in [0.717, 1.165) is 36.5 Å². The van der Waals surface area contributed by atoms with Gasteiger partial charge >= 0.3 is 0 Å². The van der Waals surface area contributed by atoms with Gasteiger partial charge in [0.05, 0.1) is 11.9 Å². The first-order valence-corrected chi connectivity index (χ1v) is 8.59. The van der Waals surface area contributed by atoms with Crippen molar-refractivity contribution in [2.45, 2.75) is 25.1 Å². The second-order valence-electron chi connectivity index (χ2n) is 6.44. The van der Waals surface area contributed by atoms with E-state index in [1.54, 1.807) is 17.7 Å². The van der Waals surface area contributed by atoms with E-state index in [1.807, 2.05) is 27.9 Å². The maximum Gasteiger partial charge on any atom is 0.290 e. The fourth-order valence-corrected chi connectivity index (χ4v) is 3.75. The van der Waals surface area contributed by atoms with Gasteiger partial charge in [0.2, 0.25) is 0 Å². The molecule has 9 heteroatoms. The molecule has 1 unspecified atom stereocenters. The lowest BCUT2D eigenvalue weighted by molar-refractivity contribution is 0.0835. The number of hydrogen-bond donors (Lipinski definition) is 0. The molecule has 3 aromatic rings. The number of hydrazine groups is 1. The van der Waals surface area contributed by atoms with Crippen LogP contribution in [0.2, 0.25) is 0 Å². The van der Waals surface area contributed by atoms with Crippen LogP contribution in [0.5, 0.6) is 0 Å². The zero-order valence-electron chi connectivity index (χ0n) is 13.8. The maximum absolute atomic E-state index is 5.64. The fourth-order valence-electron chi connectivity index (χ4n) is 3.75. The second-order valence-corrected chi connectivity index (χ2v) is 6.44. The number of nitrogens with zero attached hydrogens (tertiary/aromatic N) is 7. The van der Waals surface area contributed by atoms with E-state index < -0.39 is 0 Å². The number of hydrogen-bond acceptors (Lipinski definition) is 8. The Kier molecular flexibility index (Phi) is 2.78. The molecule has 9 nitrogen and oxygen atoms in total. The van der Waals surface area contributed by atoms with Crippen molar-refractivity contribution < 1.29 is 9.26 Å². The molecule has 26 heavy (non-hydrogen) atoms. The van der Waals surface area contributed by atoms with Crippen LogP contribution in [0, 0.1) is 0 Å². The molecule has 0 bridgehead atoms. The lowest BCUT2D eigenvalue weighted by Crippen LogP contribution is -2.43. The SMILES string of the molecule is C1=NC2c3ccccc3-n3cncc3N2N1c1noc([C@@H]2CCCO2)n1. The average Bonchev–Trinajstić information content (AvgIpc) is 3.47. The van der Waals surface area contributed by atoms with Gasteiger partial charge in [0.1, 0.15) is 18.8 Å². The van der Waals surface area contributed by atoms with Crippen molar-refractivity contribution >= 4 is 18.1 Å². The second kappa shape index (κ2) is 5.15. The van der Waals surface area contributed by atoms with E-state index >= 15 is 0 Å². The summed E-state index contributed by atoms with van der Waals surface area (Å²) in [6.07, 6.45) is 6.97. The van der Waals surface area contributed by atoms with E-state index in [1.165, 1.54) is 0 Å². The molecule has 1 aromatic carbocycles. The maximum atomic E-state index is 5.64. The van der Waals surface area contributed by atoms with Crippen molar-refractivity contribution in [3.8, 4) is 5.69 Å². The molecule has 1 fully saturated rings. The van der Waals surface area contributed by atoms with E-state index in [-0.39, 0.29) is 12.3 Å². The average molecular weight is 349 g/mol. The third-order valence-corrected chi connectivity index (χ3v) is 4.95. The summed E-state index contributed by atoms with van der Waals surface area (Å²) < 4.78 is 13.1. The monoisotopic (exact) mass is 349 g/mol. The summed E-state index contributed by atoms with van der Waals surface area (Å²) in [4.78, 5) is 13.5. The first-order chi connectivity index (χ1) is 12.9. The Labute approximate surface area is 148 Å². The molecule has 0 aliphatic carbocycles.